The molecule has 9 N–H and O–H groups in total. The minimum absolute atomic E-state index is 0.141. The fourth-order valence-corrected chi connectivity index (χ4v) is 5.02. The normalized spacial score (nSPS) is 34.0. The first-order chi connectivity index (χ1) is 19.3. The summed E-state index contributed by atoms with van der Waals surface area (Å²) in [6.07, 6.45) is -15.2. The van der Waals surface area contributed by atoms with Gasteiger partial charge < -0.3 is 64.6 Å². The standard InChI is InChI=1S/C27H30O14/c1-8-19(32)21(34)23(36)26(38-8)18-16(41-27-24(37)22(35)20(33)9(2)39-27)7-14(31)17-13(30)6-15(40-25(17)18)10-3-4-11(28)12(29)5-10/h3-9,19-24,26-29,31-37H,1-2H3/t8-,9-,19-,20-,21-,22-,23+,24+,26-,27-/m0/s1. The van der Waals surface area contributed by atoms with E-state index in [2.05, 4.69) is 0 Å². The monoisotopic (exact) mass is 578 g/mol. The Hall–Kier alpha value is -3.47. The maximum atomic E-state index is 13.2. The van der Waals surface area contributed by atoms with Gasteiger partial charge in [0.25, 0.3) is 0 Å². The molecular weight excluding hydrogens is 548 g/mol. The lowest BCUT2D eigenvalue weighted by atomic mass is 9.90. The predicted molar refractivity (Wildman–Crippen MR) is 137 cm³/mol. The van der Waals surface area contributed by atoms with Crippen LogP contribution in [-0.4, -0.2) is 101 Å². The van der Waals surface area contributed by atoms with Gasteiger partial charge in [-0.3, -0.25) is 4.79 Å². The predicted octanol–water partition coefficient (Wildman–Crippen LogP) is -0.674. The van der Waals surface area contributed by atoms with E-state index in [-0.39, 0.29) is 33.6 Å². The number of fused-ring (bicyclic) bond motifs is 1. The van der Waals surface area contributed by atoms with Crippen molar-refractivity contribution in [1.82, 2.24) is 0 Å². The lowest BCUT2D eigenvalue weighted by Gasteiger charge is -2.41. The third-order valence-electron chi connectivity index (χ3n) is 7.43. The van der Waals surface area contributed by atoms with Gasteiger partial charge in [-0.1, -0.05) is 0 Å². The number of benzene rings is 2. The quantitative estimate of drug-likeness (QED) is 0.174. The second-order valence-corrected chi connectivity index (χ2v) is 10.2. The lowest BCUT2D eigenvalue weighted by molar-refractivity contribution is -0.268. The van der Waals surface area contributed by atoms with Crippen molar-refractivity contribution < 1.29 is 64.6 Å². The molecule has 3 heterocycles. The van der Waals surface area contributed by atoms with Crippen LogP contribution in [0.4, 0.5) is 0 Å². The van der Waals surface area contributed by atoms with Crippen molar-refractivity contribution in [2.75, 3.05) is 0 Å². The summed E-state index contributed by atoms with van der Waals surface area (Å²) in [5.74, 6) is -2.09. The minimum atomic E-state index is -1.81. The van der Waals surface area contributed by atoms with Gasteiger partial charge in [0.15, 0.2) is 22.5 Å². The van der Waals surface area contributed by atoms with Crippen molar-refractivity contribution in [3.63, 3.8) is 0 Å². The molecular formula is C27H30O14. The molecule has 0 bridgehead atoms. The Morgan fingerprint density at radius 3 is 2.00 bits per heavy atom. The van der Waals surface area contributed by atoms with Crippen molar-refractivity contribution >= 4 is 11.0 Å². The molecule has 0 aliphatic carbocycles. The highest BCUT2D eigenvalue weighted by Crippen LogP contribution is 2.45. The molecule has 0 saturated carbocycles. The van der Waals surface area contributed by atoms with Crippen LogP contribution >= 0.6 is 0 Å². The zero-order valence-corrected chi connectivity index (χ0v) is 21.7. The first-order valence-electron chi connectivity index (χ1n) is 12.7. The maximum Gasteiger partial charge on any atom is 0.229 e. The highest BCUT2D eigenvalue weighted by atomic mass is 16.7. The summed E-state index contributed by atoms with van der Waals surface area (Å²) >= 11 is 0. The molecule has 0 amide bonds. The van der Waals surface area contributed by atoms with Gasteiger partial charge in [0, 0.05) is 17.7 Å². The van der Waals surface area contributed by atoms with Crippen LogP contribution in [0.5, 0.6) is 23.0 Å². The van der Waals surface area contributed by atoms with Crippen molar-refractivity contribution in [2.24, 2.45) is 0 Å². The van der Waals surface area contributed by atoms with Gasteiger partial charge in [-0.15, -0.1) is 0 Å². The van der Waals surface area contributed by atoms with Crippen molar-refractivity contribution in [1.29, 1.82) is 0 Å². The Morgan fingerprint density at radius 1 is 0.707 bits per heavy atom. The van der Waals surface area contributed by atoms with Crippen LogP contribution in [0, 0.1) is 0 Å². The third-order valence-corrected chi connectivity index (χ3v) is 7.43. The van der Waals surface area contributed by atoms with Crippen LogP contribution in [0.25, 0.3) is 22.3 Å². The molecule has 1 aromatic heterocycles. The Labute approximate surface area is 231 Å². The molecule has 2 aromatic carbocycles. The topological polar surface area (TPSA) is 240 Å². The minimum Gasteiger partial charge on any atom is -0.507 e. The molecule has 0 radical (unpaired) electrons. The van der Waals surface area contributed by atoms with Crippen LogP contribution in [0.2, 0.25) is 0 Å². The second-order valence-electron chi connectivity index (χ2n) is 10.2. The molecule has 3 aromatic rings. The van der Waals surface area contributed by atoms with Crippen LogP contribution in [0.3, 0.4) is 0 Å². The molecule has 5 rings (SSSR count). The number of aliphatic hydroxyl groups is 6. The number of hydrogen-bond donors (Lipinski definition) is 9. The summed E-state index contributed by atoms with van der Waals surface area (Å²) in [5, 5.41) is 92.7. The molecule has 0 unspecified atom stereocenters. The molecule has 10 atom stereocenters. The first-order valence-corrected chi connectivity index (χ1v) is 12.7. The van der Waals surface area contributed by atoms with Crippen LogP contribution in [-0.2, 0) is 9.47 Å². The largest absolute Gasteiger partial charge is 0.507 e. The average Bonchev–Trinajstić information content (AvgIpc) is 2.93. The van der Waals surface area contributed by atoms with E-state index < -0.39 is 83.9 Å². The van der Waals surface area contributed by atoms with Gasteiger partial charge >= 0.3 is 0 Å². The molecule has 2 aliphatic heterocycles. The molecule has 14 heteroatoms. The number of phenols is 3. The van der Waals surface area contributed by atoms with Crippen LogP contribution in [0.1, 0.15) is 25.5 Å². The number of hydrogen-bond acceptors (Lipinski definition) is 14. The zero-order valence-electron chi connectivity index (χ0n) is 21.7. The SMILES string of the molecule is C[C@@H]1O[C@@H](c2c(O[C@@H]3O[C@@H](C)[C@H](O)[C@H](O)[C@H]3O)cc(O)c3c(=O)cc(-c4ccc(O)c(O)c4)oc23)[C@H](O)[C@@H](O)[C@H]1O. The molecule has 2 saturated heterocycles. The summed E-state index contributed by atoms with van der Waals surface area (Å²) in [6, 6.07) is 5.60. The number of ether oxygens (including phenoxy) is 3. The van der Waals surface area contributed by atoms with E-state index in [1.54, 1.807) is 0 Å². The third kappa shape index (κ3) is 4.98. The Morgan fingerprint density at radius 2 is 1.34 bits per heavy atom. The van der Waals surface area contributed by atoms with Crippen molar-refractivity contribution in [3.05, 3.63) is 46.1 Å². The molecule has 41 heavy (non-hydrogen) atoms. The smallest absolute Gasteiger partial charge is 0.229 e. The molecule has 2 fully saturated rings. The maximum absolute atomic E-state index is 13.2. The summed E-state index contributed by atoms with van der Waals surface area (Å²) in [7, 11) is 0. The van der Waals surface area contributed by atoms with E-state index in [1.165, 1.54) is 19.9 Å². The Balaban J connectivity index is 1.74. The Kier molecular flexibility index (Phi) is 7.61. The molecule has 14 nitrogen and oxygen atoms in total. The first kappa shape index (κ1) is 29.0. The average molecular weight is 579 g/mol. The highest BCUT2D eigenvalue weighted by molar-refractivity contribution is 5.90. The lowest BCUT2D eigenvalue weighted by Crippen LogP contribution is -2.58. The van der Waals surface area contributed by atoms with Gasteiger partial charge in [-0.2, -0.15) is 0 Å². The number of phenolic OH excluding ortho intramolecular Hbond substituents is 3. The molecule has 0 spiro atoms. The van der Waals surface area contributed by atoms with Crippen LogP contribution in [0.15, 0.2) is 39.5 Å². The summed E-state index contributed by atoms with van der Waals surface area (Å²) in [4.78, 5) is 13.2. The van der Waals surface area contributed by atoms with E-state index in [4.69, 9.17) is 18.6 Å². The van der Waals surface area contributed by atoms with Gasteiger partial charge in [0.05, 0.1) is 17.8 Å². The molecule has 222 valence electrons. The summed E-state index contributed by atoms with van der Waals surface area (Å²) < 4.78 is 23.1. The van der Waals surface area contributed by atoms with Crippen molar-refractivity contribution in [3.8, 4) is 34.3 Å². The number of aromatic hydroxyl groups is 3. The fraction of sp³-hybridized carbons (Fsp3) is 0.444. The fourth-order valence-electron chi connectivity index (χ4n) is 5.02. The van der Waals surface area contributed by atoms with Gasteiger partial charge in [-0.25, -0.2) is 0 Å². The van der Waals surface area contributed by atoms with E-state index in [0.29, 0.717) is 0 Å². The number of aliphatic hydroxyl groups excluding tert-OH is 6. The Bertz CT molecular complexity index is 1500. The van der Waals surface area contributed by atoms with E-state index in [0.717, 1.165) is 24.3 Å². The number of rotatable bonds is 4. The second kappa shape index (κ2) is 10.7. The zero-order chi connectivity index (χ0) is 29.9. The summed E-state index contributed by atoms with van der Waals surface area (Å²) in [6.45, 7) is 2.84. The van der Waals surface area contributed by atoms with E-state index in [9.17, 15) is 50.8 Å². The van der Waals surface area contributed by atoms with Crippen molar-refractivity contribution in [2.45, 2.75) is 75.1 Å². The van der Waals surface area contributed by atoms with E-state index in [1.807, 2.05) is 0 Å². The highest BCUT2D eigenvalue weighted by Gasteiger charge is 2.47. The summed E-state index contributed by atoms with van der Waals surface area (Å²) in [5.41, 5.74) is -1.23. The van der Waals surface area contributed by atoms with Gasteiger partial charge in [0.1, 0.15) is 65.4 Å². The van der Waals surface area contributed by atoms with Gasteiger partial charge in [-0.05, 0) is 32.0 Å². The van der Waals surface area contributed by atoms with E-state index >= 15 is 0 Å². The van der Waals surface area contributed by atoms with Crippen LogP contribution < -0.4 is 10.2 Å². The van der Waals surface area contributed by atoms with Gasteiger partial charge in [0.2, 0.25) is 6.29 Å². The molecule has 2 aliphatic rings.